The molecule has 2 aliphatic rings. The van der Waals surface area contributed by atoms with Crippen LogP contribution in [0.15, 0.2) is 0 Å². The number of nitrogens with zero attached hydrogens (tertiary/aromatic N) is 1. The molecule has 1 aliphatic carbocycles. The van der Waals surface area contributed by atoms with Crippen molar-refractivity contribution >= 4 is 27.9 Å². The van der Waals surface area contributed by atoms with Crippen LogP contribution in [0.3, 0.4) is 0 Å². The van der Waals surface area contributed by atoms with Crippen LogP contribution in [0.2, 0.25) is 0 Å². The third-order valence-electron chi connectivity index (χ3n) is 4.79. The Kier molecular flexibility index (Phi) is 3.40. The molecule has 4 N–H and O–H groups in total. The van der Waals surface area contributed by atoms with E-state index in [0.717, 1.165) is 19.0 Å². The monoisotopic (exact) mass is 293 g/mol. The number of nitrogen functional groups attached to an aromatic ring is 1. The Bertz CT molecular complexity index is 535. The standard InChI is InChI=1S/C15H23N3OS/c1-8-5-6-18(7-9(8)2)15-11(10-3-4-10)12(16)13(20-15)14(17)19/h8-10H,3-7,16H2,1-2H3,(H2,17,19). The number of thiophene rings is 1. The fourth-order valence-corrected chi connectivity index (χ4v) is 4.27. The number of rotatable bonds is 3. The molecule has 2 fully saturated rings. The molecule has 0 radical (unpaired) electrons. The molecule has 5 heteroatoms. The van der Waals surface area contributed by atoms with E-state index in [4.69, 9.17) is 11.5 Å². The average Bonchev–Trinajstić information content (AvgIpc) is 3.16. The van der Waals surface area contributed by atoms with Gasteiger partial charge in [0.2, 0.25) is 0 Å². The third-order valence-corrected chi connectivity index (χ3v) is 6.09. The largest absolute Gasteiger partial charge is 0.397 e. The summed E-state index contributed by atoms with van der Waals surface area (Å²) in [5.74, 6) is 1.60. The maximum atomic E-state index is 11.6. The molecule has 1 aliphatic heterocycles. The molecule has 0 aromatic carbocycles. The zero-order valence-electron chi connectivity index (χ0n) is 12.2. The van der Waals surface area contributed by atoms with Crippen molar-refractivity contribution in [2.45, 2.75) is 39.0 Å². The van der Waals surface area contributed by atoms with Gasteiger partial charge in [-0.2, -0.15) is 0 Å². The molecule has 1 amide bonds. The topological polar surface area (TPSA) is 72.3 Å². The molecule has 20 heavy (non-hydrogen) atoms. The van der Waals surface area contributed by atoms with Crippen molar-refractivity contribution in [1.29, 1.82) is 0 Å². The Morgan fingerprint density at radius 2 is 1.95 bits per heavy atom. The molecule has 3 rings (SSSR count). The maximum absolute atomic E-state index is 11.6. The summed E-state index contributed by atoms with van der Waals surface area (Å²) in [5, 5.41) is 1.21. The molecule has 0 bridgehead atoms. The Hall–Kier alpha value is -1.23. The number of amides is 1. The summed E-state index contributed by atoms with van der Waals surface area (Å²) in [4.78, 5) is 14.5. The number of carbonyl (C=O) groups is 1. The number of primary amides is 1. The van der Waals surface area contributed by atoms with Crippen molar-refractivity contribution in [1.82, 2.24) is 0 Å². The van der Waals surface area contributed by atoms with Crippen LogP contribution in [0.5, 0.6) is 0 Å². The highest BCUT2D eigenvalue weighted by atomic mass is 32.1. The minimum Gasteiger partial charge on any atom is -0.397 e. The number of anilines is 2. The van der Waals surface area contributed by atoms with Crippen LogP contribution in [0.4, 0.5) is 10.7 Å². The van der Waals surface area contributed by atoms with Crippen molar-refractivity contribution < 1.29 is 4.79 Å². The lowest BCUT2D eigenvalue weighted by Gasteiger charge is -2.36. The van der Waals surface area contributed by atoms with Gasteiger partial charge < -0.3 is 16.4 Å². The highest BCUT2D eigenvalue weighted by Crippen LogP contribution is 2.52. The summed E-state index contributed by atoms with van der Waals surface area (Å²) in [6, 6.07) is 0. The fraction of sp³-hybridized carbons (Fsp3) is 0.667. The zero-order chi connectivity index (χ0) is 14.4. The Labute approximate surface area is 124 Å². The molecular weight excluding hydrogens is 270 g/mol. The SMILES string of the molecule is CC1CCN(c2sc(C(N)=O)c(N)c2C2CC2)CC1C. The normalized spacial score (nSPS) is 26.8. The lowest BCUT2D eigenvalue weighted by Crippen LogP contribution is -2.38. The number of nitrogens with two attached hydrogens (primary N) is 2. The van der Waals surface area contributed by atoms with Gasteiger partial charge in [0.05, 0.1) is 10.7 Å². The van der Waals surface area contributed by atoms with Gasteiger partial charge in [0, 0.05) is 18.7 Å². The van der Waals surface area contributed by atoms with Crippen LogP contribution in [-0.2, 0) is 0 Å². The van der Waals surface area contributed by atoms with E-state index < -0.39 is 0 Å². The van der Waals surface area contributed by atoms with Gasteiger partial charge in [-0.3, -0.25) is 4.79 Å². The van der Waals surface area contributed by atoms with Crippen LogP contribution in [0.1, 0.15) is 54.3 Å². The van der Waals surface area contributed by atoms with Gasteiger partial charge in [0.1, 0.15) is 4.88 Å². The van der Waals surface area contributed by atoms with Crippen LogP contribution in [0, 0.1) is 11.8 Å². The van der Waals surface area contributed by atoms with Crippen molar-refractivity contribution in [3.05, 3.63) is 10.4 Å². The molecule has 2 heterocycles. The van der Waals surface area contributed by atoms with E-state index in [1.54, 1.807) is 0 Å². The zero-order valence-corrected chi connectivity index (χ0v) is 13.0. The Morgan fingerprint density at radius 1 is 1.25 bits per heavy atom. The second kappa shape index (κ2) is 4.95. The summed E-state index contributed by atoms with van der Waals surface area (Å²) in [6.45, 7) is 6.74. The number of piperidine rings is 1. The minimum atomic E-state index is -0.390. The molecule has 1 aromatic rings. The first-order chi connectivity index (χ1) is 9.49. The van der Waals surface area contributed by atoms with Crippen molar-refractivity contribution in [2.24, 2.45) is 17.6 Å². The molecule has 110 valence electrons. The molecule has 1 saturated carbocycles. The second-order valence-electron chi connectivity index (χ2n) is 6.39. The maximum Gasteiger partial charge on any atom is 0.260 e. The summed E-state index contributed by atoms with van der Waals surface area (Å²) in [6.07, 6.45) is 3.58. The van der Waals surface area contributed by atoms with E-state index in [0.29, 0.717) is 22.4 Å². The van der Waals surface area contributed by atoms with Gasteiger partial charge in [0.25, 0.3) is 5.91 Å². The van der Waals surface area contributed by atoms with E-state index in [-0.39, 0.29) is 5.91 Å². The van der Waals surface area contributed by atoms with E-state index in [9.17, 15) is 4.79 Å². The smallest absolute Gasteiger partial charge is 0.260 e. The summed E-state index contributed by atoms with van der Waals surface area (Å²) >= 11 is 1.50. The highest BCUT2D eigenvalue weighted by Gasteiger charge is 2.35. The molecule has 2 unspecified atom stereocenters. The first kappa shape index (κ1) is 13.7. The van der Waals surface area contributed by atoms with Gasteiger partial charge in [-0.05, 0) is 37.0 Å². The first-order valence-corrected chi connectivity index (χ1v) is 8.27. The molecule has 0 spiro atoms. The molecule has 2 atom stereocenters. The molecule has 1 aromatic heterocycles. The molecular formula is C15H23N3OS. The van der Waals surface area contributed by atoms with Crippen LogP contribution in [0.25, 0.3) is 0 Å². The van der Waals surface area contributed by atoms with E-state index in [1.807, 2.05) is 0 Å². The summed E-state index contributed by atoms with van der Waals surface area (Å²) < 4.78 is 0. The minimum absolute atomic E-state index is 0.390. The average molecular weight is 293 g/mol. The van der Waals surface area contributed by atoms with E-state index in [2.05, 4.69) is 18.7 Å². The third kappa shape index (κ3) is 2.28. The summed E-state index contributed by atoms with van der Waals surface area (Å²) in [5.41, 5.74) is 13.5. The first-order valence-electron chi connectivity index (χ1n) is 7.46. The Morgan fingerprint density at radius 3 is 2.50 bits per heavy atom. The number of carbonyl (C=O) groups excluding carboxylic acids is 1. The van der Waals surface area contributed by atoms with Crippen LogP contribution in [-0.4, -0.2) is 19.0 Å². The summed E-state index contributed by atoms with van der Waals surface area (Å²) in [7, 11) is 0. The van der Waals surface area contributed by atoms with Crippen molar-refractivity contribution in [3.63, 3.8) is 0 Å². The predicted octanol–water partition coefficient (Wildman–Crippen LogP) is 2.79. The Balaban J connectivity index is 1.96. The molecule has 4 nitrogen and oxygen atoms in total. The van der Waals surface area contributed by atoms with Gasteiger partial charge in [0.15, 0.2) is 0 Å². The van der Waals surface area contributed by atoms with Crippen molar-refractivity contribution in [2.75, 3.05) is 23.7 Å². The van der Waals surface area contributed by atoms with Crippen LogP contribution < -0.4 is 16.4 Å². The number of hydrogen-bond donors (Lipinski definition) is 2. The predicted molar refractivity (Wildman–Crippen MR) is 84.4 cm³/mol. The van der Waals surface area contributed by atoms with E-state index in [1.165, 1.54) is 41.2 Å². The second-order valence-corrected chi connectivity index (χ2v) is 7.39. The highest BCUT2D eigenvalue weighted by molar-refractivity contribution is 7.18. The lowest BCUT2D eigenvalue weighted by atomic mass is 9.88. The van der Waals surface area contributed by atoms with Gasteiger partial charge in [-0.15, -0.1) is 11.3 Å². The molecule has 1 saturated heterocycles. The lowest BCUT2D eigenvalue weighted by molar-refractivity contribution is 0.100. The van der Waals surface area contributed by atoms with E-state index >= 15 is 0 Å². The van der Waals surface area contributed by atoms with Gasteiger partial charge in [-0.1, -0.05) is 13.8 Å². The quantitative estimate of drug-likeness (QED) is 0.900. The van der Waals surface area contributed by atoms with Gasteiger partial charge in [-0.25, -0.2) is 0 Å². The van der Waals surface area contributed by atoms with Crippen molar-refractivity contribution in [3.8, 4) is 0 Å². The fourth-order valence-electron chi connectivity index (χ4n) is 3.08. The van der Waals surface area contributed by atoms with Gasteiger partial charge >= 0.3 is 0 Å². The number of hydrogen-bond acceptors (Lipinski definition) is 4. The van der Waals surface area contributed by atoms with Crippen LogP contribution >= 0.6 is 11.3 Å².